The molecule has 0 aliphatic heterocycles. The van der Waals surface area contributed by atoms with E-state index in [9.17, 15) is 9.59 Å². The van der Waals surface area contributed by atoms with Crippen LogP contribution in [0.5, 0.6) is 11.5 Å². The van der Waals surface area contributed by atoms with Gasteiger partial charge in [0.05, 0.1) is 19.9 Å². The Hall–Kier alpha value is -4.34. The molecule has 10 nitrogen and oxygen atoms in total. The third kappa shape index (κ3) is 4.38. The summed E-state index contributed by atoms with van der Waals surface area (Å²) in [6.07, 6.45) is 1.62. The average Bonchev–Trinajstić information content (AvgIpc) is 3.18. The summed E-state index contributed by atoms with van der Waals surface area (Å²) in [5.74, 6) is 1.77. The molecule has 0 amide bonds. The Morgan fingerprint density at radius 3 is 2.56 bits per heavy atom. The van der Waals surface area contributed by atoms with Crippen molar-refractivity contribution in [2.75, 3.05) is 19.1 Å². The number of benzene rings is 2. The van der Waals surface area contributed by atoms with Gasteiger partial charge in [0.1, 0.15) is 18.1 Å². The van der Waals surface area contributed by atoms with Gasteiger partial charge in [0, 0.05) is 7.05 Å². The number of nitrogens with one attached hydrogen (secondary N) is 2. The summed E-state index contributed by atoms with van der Waals surface area (Å²) in [5.41, 5.74) is 3.15. The highest BCUT2D eigenvalue weighted by Gasteiger charge is 2.17. The SMILES string of the molecule is COc1ccc(/C=N/Nc2nc3c(c(=O)[nH]c(=O)n3C)n2CCOc2ccccc2)cc1. The number of para-hydroxylation sites is 1. The lowest BCUT2D eigenvalue weighted by molar-refractivity contribution is 0.301. The van der Waals surface area contributed by atoms with Crippen LogP contribution in [0, 0.1) is 0 Å². The van der Waals surface area contributed by atoms with Crippen LogP contribution in [0.15, 0.2) is 69.3 Å². The fourth-order valence-corrected chi connectivity index (χ4v) is 3.16. The van der Waals surface area contributed by atoms with Gasteiger partial charge in [-0.2, -0.15) is 10.1 Å². The first kappa shape index (κ1) is 20.9. The van der Waals surface area contributed by atoms with Crippen LogP contribution in [-0.2, 0) is 13.6 Å². The van der Waals surface area contributed by atoms with Crippen molar-refractivity contribution in [1.29, 1.82) is 0 Å². The maximum Gasteiger partial charge on any atom is 0.329 e. The molecule has 4 rings (SSSR count). The van der Waals surface area contributed by atoms with E-state index in [0.717, 1.165) is 11.3 Å². The summed E-state index contributed by atoms with van der Waals surface area (Å²) in [6, 6.07) is 16.7. The highest BCUT2D eigenvalue weighted by molar-refractivity contribution is 5.80. The fourth-order valence-electron chi connectivity index (χ4n) is 3.16. The molecular weight excluding hydrogens is 412 g/mol. The number of methoxy groups -OCH3 is 1. The Labute approximate surface area is 182 Å². The number of nitrogens with zero attached hydrogens (tertiary/aromatic N) is 4. The van der Waals surface area contributed by atoms with Crippen molar-refractivity contribution in [2.24, 2.45) is 12.1 Å². The summed E-state index contributed by atoms with van der Waals surface area (Å²) in [5, 5.41) is 4.23. The Bertz CT molecular complexity index is 1350. The van der Waals surface area contributed by atoms with Crippen molar-refractivity contribution in [3.05, 3.63) is 81.0 Å². The number of ether oxygens (including phenoxy) is 2. The molecule has 32 heavy (non-hydrogen) atoms. The van der Waals surface area contributed by atoms with E-state index in [-0.39, 0.29) is 17.8 Å². The van der Waals surface area contributed by atoms with Crippen LogP contribution in [0.3, 0.4) is 0 Å². The molecule has 0 radical (unpaired) electrons. The van der Waals surface area contributed by atoms with E-state index in [1.165, 1.54) is 4.57 Å². The zero-order valence-corrected chi connectivity index (χ0v) is 17.6. The monoisotopic (exact) mass is 434 g/mol. The van der Waals surface area contributed by atoms with E-state index in [2.05, 4.69) is 20.5 Å². The van der Waals surface area contributed by atoms with Gasteiger partial charge in [0.25, 0.3) is 5.56 Å². The van der Waals surface area contributed by atoms with E-state index < -0.39 is 11.2 Å². The number of imidazole rings is 1. The van der Waals surface area contributed by atoms with Crippen LogP contribution >= 0.6 is 0 Å². The maximum atomic E-state index is 12.5. The van der Waals surface area contributed by atoms with E-state index in [4.69, 9.17) is 9.47 Å². The van der Waals surface area contributed by atoms with Gasteiger partial charge < -0.3 is 9.47 Å². The summed E-state index contributed by atoms with van der Waals surface area (Å²) in [4.78, 5) is 31.3. The van der Waals surface area contributed by atoms with Crippen LogP contribution in [0.4, 0.5) is 5.95 Å². The van der Waals surface area contributed by atoms with Crippen LogP contribution in [-0.4, -0.2) is 39.0 Å². The Morgan fingerprint density at radius 2 is 1.84 bits per heavy atom. The van der Waals surface area contributed by atoms with Crippen molar-refractivity contribution < 1.29 is 9.47 Å². The minimum absolute atomic E-state index is 0.251. The van der Waals surface area contributed by atoms with Gasteiger partial charge >= 0.3 is 5.69 Å². The fraction of sp³-hybridized carbons (Fsp3) is 0.182. The summed E-state index contributed by atoms with van der Waals surface area (Å²) < 4.78 is 13.8. The number of hydrazone groups is 1. The smallest absolute Gasteiger partial charge is 0.329 e. The normalized spacial score (nSPS) is 11.2. The number of aryl methyl sites for hydroxylation is 1. The van der Waals surface area contributed by atoms with Gasteiger partial charge in [-0.25, -0.2) is 10.2 Å². The number of aromatic nitrogens is 4. The first-order chi connectivity index (χ1) is 15.6. The lowest BCUT2D eigenvalue weighted by Crippen LogP contribution is -2.29. The summed E-state index contributed by atoms with van der Waals surface area (Å²) in [7, 11) is 3.15. The van der Waals surface area contributed by atoms with Crippen LogP contribution < -0.4 is 26.1 Å². The number of H-pyrrole nitrogens is 1. The number of rotatable bonds is 8. The molecule has 164 valence electrons. The molecule has 4 aromatic rings. The maximum absolute atomic E-state index is 12.5. The zero-order chi connectivity index (χ0) is 22.5. The lowest BCUT2D eigenvalue weighted by Gasteiger charge is -2.10. The Balaban J connectivity index is 1.62. The molecule has 0 aliphatic carbocycles. The molecule has 0 saturated carbocycles. The van der Waals surface area contributed by atoms with Gasteiger partial charge in [-0.1, -0.05) is 18.2 Å². The second-order valence-corrected chi connectivity index (χ2v) is 6.88. The molecule has 2 heterocycles. The van der Waals surface area contributed by atoms with E-state index >= 15 is 0 Å². The number of anilines is 1. The van der Waals surface area contributed by atoms with Gasteiger partial charge in [-0.05, 0) is 42.0 Å². The molecule has 0 saturated heterocycles. The third-order valence-electron chi connectivity index (χ3n) is 4.83. The molecule has 0 bridgehead atoms. The van der Waals surface area contributed by atoms with Crippen molar-refractivity contribution in [2.45, 2.75) is 6.54 Å². The standard InChI is InChI=1S/C22H22N6O4/c1-27-19-18(20(29)25-22(27)30)28(12-13-32-17-6-4-3-5-7-17)21(24-19)26-23-14-15-8-10-16(31-2)11-9-15/h3-11,14H,12-13H2,1-2H3,(H,24,26)(H,25,29,30)/b23-14+. The largest absolute Gasteiger partial charge is 0.497 e. The molecule has 10 heteroatoms. The van der Waals surface area contributed by atoms with E-state index in [0.29, 0.717) is 18.2 Å². The van der Waals surface area contributed by atoms with Gasteiger partial charge in [0.15, 0.2) is 11.2 Å². The average molecular weight is 434 g/mol. The molecule has 0 atom stereocenters. The van der Waals surface area contributed by atoms with E-state index in [1.54, 1.807) is 24.9 Å². The van der Waals surface area contributed by atoms with Crippen LogP contribution in [0.25, 0.3) is 11.2 Å². The number of fused-ring (bicyclic) bond motifs is 1. The molecule has 2 aromatic heterocycles. The molecular formula is C22H22N6O4. The highest BCUT2D eigenvalue weighted by atomic mass is 16.5. The summed E-state index contributed by atoms with van der Waals surface area (Å²) >= 11 is 0. The van der Waals surface area contributed by atoms with Crippen molar-refractivity contribution in [3.8, 4) is 11.5 Å². The molecule has 0 fully saturated rings. The first-order valence-electron chi connectivity index (χ1n) is 9.87. The minimum Gasteiger partial charge on any atom is -0.497 e. The highest BCUT2D eigenvalue weighted by Crippen LogP contribution is 2.16. The van der Waals surface area contributed by atoms with Crippen LogP contribution in [0.2, 0.25) is 0 Å². The van der Waals surface area contributed by atoms with Gasteiger partial charge in [-0.3, -0.25) is 18.9 Å². The topological polar surface area (TPSA) is 116 Å². The lowest BCUT2D eigenvalue weighted by atomic mass is 10.2. The van der Waals surface area contributed by atoms with Gasteiger partial charge in [0.2, 0.25) is 5.95 Å². The van der Waals surface area contributed by atoms with Gasteiger partial charge in [-0.15, -0.1) is 0 Å². The van der Waals surface area contributed by atoms with Crippen molar-refractivity contribution >= 4 is 23.3 Å². The number of hydrogen-bond donors (Lipinski definition) is 2. The van der Waals surface area contributed by atoms with Crippen molar-refractivity contribution in [1.82, 2.24) is 19.1 Å². The number of hydrogen-bond acceptors (Lipinski definition) is 7. The summed E-state index contributed by atoms with van der Waals surface area (Å²) in [6.45, 7) is 0.599. The third-order valence-corrected chi connectivity index (χ3v) is 4.83. The van der Waals surface area contributed by atoms with Crippen LogP contribution in [0.1, 0.15) is 5.56 Å². The zero-order valence-electron chi connectivity index (χ0n) is 17.6. The second kappa shape index (κ2) is 9.21. The quantitative estimate of drug-likeness (QED) is 0.324. The van der Waals surface area contributed by atoms with E-state index in [1.807, 2.05) is 54.6 Å². The predicted octanol–water partition coefficient (Wildman–Crippen LogP) is 1.96. The Morgan fingerprint density at radius 1 is 1.09 bits per heavy atom. The molecule has 0 unspecified atom stereocenters. The first-order valence-corrected chi connectivity index (χ1v) is 9.87. The second-order valence-electron chi connectivity index (χ2n) is 6.88. The van der Waals surface area contributed by atoms with Crippen molar-refractivity contribution in [3.63, 3.8) is 0 Å². The predicted molar refractivity (Wildman–Crippen MR) is 122 cm³/mol. The number of aromatic amines is 1. The molecule has 2 N–H and O–H groups in total. The molecule has 0 spiro atoms. The Kier molecular flexibility index (Phi) is 6.02. The molecule has 2 aromatic carbocycles. The minimum atomic E-state index is -0.541. The molecule has 0 aliphatic rings.